The summed E-state index contributed by atoms with van der Waals surface area (Å²) < 4.78 is 39.6. The van der Waals surface area contributed by atoms with Gasteiger partial charge in [-0.3, -0.25) is 0 Å². The molecule has 3 N–H and O–H groups in total. The summed E-state index contributed by atoms with van der Waals surface area (Å²) in [5.41, 5.74) is 5.51. The number of hydrogen-bond donors (Lipinski definition) is 2. The van der Waals surface area contributed by atoms with Crippen molar-refractivity contribution >= 4 is 15.7 Å². The molecule has 1 aromatic carbocycles. The fourth-order valence-electron chi connectivity index (χ4n) is 1.55. The smallest absolute Gasteiger partial charge is 0.240 e. The fraction of sp³-hybridized carbons (Fsp3) is 0.455. The summed E-state index contributed by atoms with van der Waals surface area (Å²) in [6.45, 7) is 1.93. The average molecular weight is 258 g/mol. The Balaban J connectivity index is 2.25. The fourth-order valence-corrected chi connectivity index (χ4v) is 2.79. The Bertz CT molecular complexity index is 515. The highest BCUT2D eigenvalue weighted by Crippen LogP contribution is 2.28. The molecule has 0 radical (unpaired) electrons. The van der Waals surface area contributed by atoms with E-state index in [1.54, 1.807) is 0 Å². The first-order valence-electron chi connectivity index (χ1n) is 5.45. The van der Waals surface area contributed by atoms with Crippen molar-refractivity contribution in [3.63, 3.8) is 0 Å². The molecule has 0 unspecified atom stereocenters. The molecule has 0 heterocycles. The number of rotatable bonds is 4. The van der Waals surface area contributed by atoms with Crippen molar-refractivity contribution in [2.24, 2.45) is 5.92 Å². The van der Waals surface area contributed by atoms with Gasteiger partial charge >= 0.3 is 0 Å². The number of halogens is 1. The van der Waals surface area contributed by atoms with Crippen molar-refractivity contribution < 1.29 is 12.8 Å². The van der Waals surface area contributed by atoms with Crippen LogP contribution < -0.4 is 10.5 Å². The molecular weight excluding hydrogens is 243 g/mol. The lowest BCUT2D eigenvalue weighted by atomic mass is 10.2. The first-order valence-corrected chi connectivity index (χ1v) is 6.94. The quantitative estimate of drug-likeness (QED) is 0.802. The van der Waals surface area contributed by atoms with Gasteiger partial charge < -0.3 is 5.73 Å². The van der Waals surface area contributed by atoms with E-state index >= 15 is 0 Å². The van der Waals surface area contributed by atoms with E-state index < -0.39 is 15.8 Å². The predicted molar refractivity (Wildman–Crippen MR) is 63.5 cm³/mol. The second kappa shape index (κ2) is 4.27. The van der Waals surface area contributed by atoms with Gasteiger partial charge in [0.15, 0.2) is 0 Å². The summed E-state index contributed by atoms with van der Waals surface area (Å²) in [7, 11) is -3.57. The Labute approximate surface area is 100 Å². The molecular formula is C11H15FN2O2S. The number of nitrogen functional groups attached to an aromatic ring is 1. The van der Waals surface area contributed by atoms with E-state index in [2.05, 4.69) is 4.72 Å². The highest BCUT2D eigenvalue weighted by Gasteiger charge is 2.24. The maximum Gasteiger partial charge on any atom is 0.240 e. The molecule has 0 atom stereocenters. The van der Waals surface area contributed by atoms with E-state index in [1.807, 2.05) is 0 Å². The van der Waals surface area contributed by atoms with E-state index in [9.17, 15) is 12.8 Å². The molecule has 0 spiro atoms. The van der Waals surface area contributed by atoms with Crippen LogP contribution in [0.2, 0.25) is 0 Å². The summed E-state index contributed by atoms with van der Waals surface area (Å²) in [4.78, 5) is 0.0227. The van der Waals surface area contributed by atoms with E-state index in [-0.39, 0.29) is 16.1 Å². The Morgan fingerprint density at radius 1 is 1.47 bits per heavy atom. The van der Waals surface area contributed by atoms with Crippen molar-refractivity contribution in [1.82, 2.24) is 4.72 Å². The predicted octanol–water partition coefficient (Wildman–Crippen LogP) is 1.40. The number of hydrogen-bond acceptors (Lipinski definition) is 3. The summed E-state index contributed by atoms with van der Waals surface area (Å²) in [6.07, 6.45) is 2.13. The number of nitrogens with two attached hydrogens (primary N) is 1. The van der Waals surface area contributed by atoms with Crippen LogP contribution in [0.25, 0.3) is 0 Å². The third-order valence-electron chi connectivity index (χ3n) is 2.83. The van der Waals surface area contributed by atoms with Crippen LogP contribution in [-0.2, 0) is 10.0 Å². The van der Waals surface area contributed by atoms with Crippen LogP contribution in [0, 0.1) is 18.7 Å². The van der Waals surface area contributed by atoms with Gasteiger partial charge in [0.1, 0.15) is 5.82 Å². The average Bonchev–Trinajstić information content (AvgIpc) is 3.06. The standard InChI is InChI=1S/C11H15FN2O2S/c1-7-4-9(5-10(13)11(7)12)17(15,16)14-6-8-2-3-8/h4-5,8,14H,2-3,6,13H2,1H3. The molecule has 0 bridgehead atoms. The van der Waals surface area contributed by atoms with Crippen LogP contribution in [0.4, 0.5) is 10.1 Å². The highest BCUT2D eigenvalue weighted by atomic mass is 32.2. The zero-order chi connectivity index (χ0) is 12.6. The van der Waals surface area contributed by atoms with Crippen molar-refractivity contribution in [3.05, 3.63) is 23.5 Å². The molecule has 1 aliphatic rings. The zero-order valence-electron chi connectivity index (χ0n) is 9.53. The van der Waals surface area contributed by atoms with Crippen LogP contribution in [0.5, 0.6) is 0 Å². The third-order valence-corrected chi connectivity index (χ3v) is 4.23. The lowest BCUT2D eigenvalue weighted by molar-refractivity contribution is 0.576. The van der Waals surface area contributed by atoms with Gasteiger partial charge in [-0.2, -0.15) is 0 Å². The molecule has 1 aromatic rings. The van der Waals surface area contributed by atoms with Gasteiger partial charge in [0, 0.05) is 6.54 Å². The Morgan fingerprint density at radius 3 is 2.65 bits per heavy atom. The molecule has 6 heteroatoms. The first kappa shape index (κ1) is 12.3. The molecule has 94 valence electrons. The largest absolute Gasteiger partial charge is 0.396 e. The molecule has 1 aliphatic carbocycles. The normalized spacial score (nSPS) is 16.1. The third kappa shape index (κ3) is 2.76. The van der Waals surface area contributed by atoms with Crippen LogP contribution in [0.3, 0.4) is 0 Å². The maximum atomic E-state index is 13.3. The minimum absolute atomic E-state index is 0.0227. The molecule has 0 aliphatic heterocycles. The van der Waals surface area contributed by atoms with E-state index in [1.165, 1.54) is 13.0 Å². The molecule has 0 aromatic heterocycles. The second-order valence-electron chi connectivity index (χ2n) is 4.44. The molecule has 4 nitrogen and oxygen atoms in total. The van der Waals surface area contributed by atoms with Crippen molar-refractivity contribution in [3.8, 4) is 0 Å². The minimum atomic E-state index is -3.57. The topological polar surface area (TPSA) is 72.2 Å². The Kier molecular flexibility index (Phi) is 3.09. The van der Waals surface area contributed by atoms with E-state index in [0.717, 1.165) is 18.9 Å². The Hall–Kier alpha value is -1.14. The summed E-state index contributed by atoms with van der Waals surface area (Å²) in [6, 6.07) is 2.44. The number of sulfonamides is 1. The van der Waals surface area contributed by atoms with Crippen LogP contribution in [-0.4, -0.2) is 15.0 Å². The molecule has 17 heavy (non-hydrogen) atoms. The monoisotopic (exact) mass is 258 g/mol. The zero-order valence-corrected chi connectivity index (χ0v) is 10.3. The van der Waals surface area contributed by atoms with Gasteiger partial charge in [0.05, 0.1) is 10.6 Å². The number of aryl methyl sites for hydroxylation is 1. The highest BCUT2D eigenvalue weighted by molar-refractivity contribution is 7.89. The molecule has 2 rings (SSSR count). The van der Waals surface area contributed by atoms with Gasteiger partial charge in [-0.25, -0.2) is 17.5 Å². The van der Waals surface area contributed by atoms with Gasteiger partial charge in [-0.1, -0.05) is 0 Å². The maximum absolute atomic E-state index is 13.3. The number of benzene rings is 1. The van der Waals surface area contributed by atoms with Gasteiger partial charge in [0.2, 0.25) is 10.0 Å². The van der Waals surface area contributed by atoms with Gasteiger partial charge in [-0.05, 0) is 43.4 Å². The number of nitrogens with one attached hydrogen (secondary N) is 1. The minimum Gasteiger partial charge on any atom is -0.396 e. The van der Waals surface area contributed by atoms with Crippen molar-refractivity contribution in [2.45, 2.75) is 24.7 Å². The van der Waals surface area contributed by atoms with Crippen molar-refractivity contribution in [2.75, 3.05) is 12.3 Å². The SMILES string of the molecule is Cc1cc(S(=O)(=O)NCC2CC2)cc(N)c1F. The van der Waals surface area contributed by atoms with E-state index in [0.29, 0.717) is 12.5 Å². The lowest BCUT2D eigenvalue weighted by Crippen LogP contribution is -2.26. The van der Waals surface area contributed by atoms with Crippen LogP contribution in [0.1, 0.15) is 18.4 Å². The lowest BCUT2D eigenvalue weighted by Gasteiger charge is -2.09. The van der Waals surface area contributed by atoms with Gasteiger partial charge in [-0.15, -0.1) is 0 Å². The molecule has 0 amide bonds. The molecule has 0 saturated heterocycles. The summed E-state index contributed by atoms with van der Waals surface area (Å²) >= 11 is 0. The second-order valence-corrected chi connectivity index (χ2v) is 6.21. The molecule has 1 saturated carbocycles. The Morgan fingerprint density at radius 2 is 2.12 bits per heavy atom. The van der Waals surface area contributed by atoms with Crippen LogP contribution in [0.15, 0.2) is 17.0 Å². The van der Waals surface area contributed by atoms with E-state index in [4.69, 9.17) is 5.73 Å². The summed E-state index contributed by atoms with van der Waals surface area (Å²) in [5.74, 6) is -0.116. The number of anilines is 1. The summed E-state index contributed by atoms with van der Waals surface area (Å²) in [5, 5.41) is 0. The van der Waals surface area contributed by atoms with Crippen LogP contribution >= 0.6 is 0 Å². The first-order chi connectivity index (χ1) is 7.90. The van der Waals surface area contributed by atoms with Gasteiger partial charge in [0.25, 0.3) is 0 Å². The van der Waals surface area contributed by atoms with Crippen molar-refractivity contribution in [1.29, 1.82) is 0 Å². The molecule has 1 fully saturated rings.